The van der Waals surface area contributed by atoms with Crippen LogP contribution in [-0.4, -0.2) is 22.1 Å². The fraction of sp³-hybridized carbons (Fsp3) is 0.158. The summed E-state index contributed by atoms with van der Waals surface area (Å²) in [6.45, 7) is 4.14. The first-order valence-electron chi connectivity index (χ1n) is 7.80. The maximum absolute atomic E-state index is 5.52. The Bertz CT molecular complexity index is 1130. The van der Waals surface area contributed by atoms with Crippen molar-refractivity contribution in [3.63, 3.8) is 0 Å². The second kappa shape index (κ2) is 5.53. The van der Waals surface area contributed by atoms with E-state index < -0.39 is 0 Å². The molecule has 2 N–H and O–H groups in total. The molecule has 0 unspecified atom stereocenters. The highest BCUT2D eigenvalue weighted by atomic mass is 16.5. The molecule has 1 aliphatic rings. The van der Waals surface area contributed by atoms with Crippen molar-refractivity contribution in [2.75, 3.05) is 7.11 Å². The molecule has 0 fully saturated rings. The quantitative estimate of drug-likeness (QED) is 0.719. The number of aromatic nitrogens is 3. The molecule has 120 valence electrons. The van der Waals surface area contributed by atoms with Crippen molar-refractivity contribution in [1.82, 2.24) is 15.0 Å². The van der Waals surface area contributed by atoms with Crippen LogP contribution < -0.4 is 26.0 Å². The molecule has 4 heterocycles. The number of aryl methyl sites for hydroxylation is 2. The third-order valence-electron chi connectivity index (χ3n) is 4.15. The van der Waals surface area contributed by atoms with Gasteiger partial charge >= 0.3 is 0 Å². The van der Waals surface area contributed by atoms with E-state index in [4.69, 9.17) is 4.74 Å². The molecule has 0 aromatic carbocycles. The number of methoxy groups -OCH3 is 1. The Morgan fingerprint density at radius 3 is 2.75 bits per heavy atom. The van der Waals surface area contributed by atoms with Crippen LogP contribution in [0.25, 0.3) is 17.8 Å². The normalized spacial score (nSPS) is 15.9. The first-order chi connectivity index (χ1) is 11.6. The highest BCUT2D eigenvalue weighted by Crippen LogP contribution is 2.10. The van der Waals surface area contributed by atoms with Crippen molar-refractivity contribution in [2.24, 2.45) is 4.99 Å². The molecule has 5 heteroatoms. The number of nitrogens with one attached hydrogen (secondary N) is 2. The molecule has 0 amide bonds. The molecule has 24 heavy (non-hydrogen) atoms. The van der Waals surface area contributed by atoms with Crippen LogP contribution in [0, 0.1) is 13.8 Å². The van der Waals surface area contributed by atoms with Gasteiger partial charge in [-0.1, -0.05) is 0 Å². The molecule has 0 spiro atoms. The van der Waals surface area contributed by atoms with Crippen LogP contribution >= 0.6 is 0 Å². The number of aromatic amines is 2. The highest BCUT2D eigenvalue weighted by molar-refractivity contribution is 5.76. The molecule has 1 aliphatic heterocycles. The number of rotatable bonds is 2. The van der Waals surface area contributed by atoms with Gasteiger partial charge in [-0.15, -0.1) is 0 Å². The fourth-order valence-electron chi connectivity index (χ4n) is 2.97. The lowest BCUT2D eigenvalue weighted by Gasteiger charge is -1.94. The summed E-state index contributed by atoms with van der Waals surface area (Å²) in [7, 11) is 1.68. The predicted molar refractivity (Wildman–Crippen MR) is 93.3 cm³/mol. The van der Waals surface area contributed by atoms with Gasteiger partial charge in [0.05, 0.1) is 28.9 Å². The van der Waals surface area contributed by atoms with E-state index in [0.717, 1.165) is 44.1 Å². The van der Waals surface area contributed by atoms with Gasteiger partial charge in [0.25, 0.3) is 0 Å². The van der Waals surface area contributed by atoms with Gasteiger partial charge in [-0.25, -0.2) is 4.99 Å². The molecule has 5 nitrogen and oxygen atoms in total. The molecular weight excluding hydrogens is 300 g/mol. The lowest BCUT2D eigenvalue weighted by Crippen LogP contribution is -2.20. The predicted octanol–water partition coefficient (Wildman–Crippen LogP) is 0.414. The standard InChI is InChI=1S/C19H18N4O/c1-11-6-12(2)21-15(11)8-18-19(24-3)9-17(23-18)16-7-13-10-20-5-4-14(13)22-16/h4-10,21,23H,1-3H3/b17-16?,18-8-. The van der Waals surface area contributed by atoms with Crippen molar-refractivity contribution in [2.45, 2.75) is 13.8 Å². The van der Waals surface area contributed by atoms with Crippen molar-refractivity contribution < 1.29 is 4.74 Å². The fourth-order valence-corrected chi connectivity index (χ4v) is 2.97. The molecule has 0 atom stereocenters. The van der Waals surface area contributed by atoms with E-state index >= 15 is 0 Å². The molecular formula is C19H18N4O. The van der Waals surface area contributed by atoms with Gasteiger partial charge in [-0.05, 0) is 43.7 Å². The number of H-pyrrole nitrogens is 2. The van der Waals surface area contributed by atoms with Crippen LogP contribution in [0.4, 0.5) is 0 Å². The van der Waals surface area contributed by atoms with Gasteiger partial charge in [0.1, 0.15) is 5.75 Å². The van der Waals surface area contributed by atoms with Crippen LogP contribution in [0.3, 0.4) is 0 Å². The van der Waals surface area contributed by atoms with Crippen molar-refractivity contribution >= 4 is 17.8 Å². The van der Waals surface area contributed by atoms with Gasteiger partial charge in [-0.3, -0.25) is 4.98 Å². The summed E-state index contributed by atoms with van der Waals surface area (Å²) in [5.41, 5.74) is 4.30. The number of fused-ring (bicyclic) bond motifs is 1. The van der Waals surface area contributed by atoms with E-state index in [1.165, 1.54) is 5.56 Å². The lowest BCUT2D eigenvalue weighted by atomic mass is 10.2. The minimum Gasteiger partial charge on any atom is -0.494 e. The summed E-state index contributed by atoms with van der Waals surface area (Å²) in [5, 5.41) is 3.82. The summed E-state index contributed by atoms with van der Waals surface area (Å²) in [5.74, 6) is 0.793. The molecule has 3 aromatic heterocycles. The number of hydrogen-bond donors (Lipinski definition) is 2. The molecule has 4 rings (SSSR count). The minimum absolute atomic E-state index is 0.793. The Labute approximate surface area is 138 Å². The Morgan fingerprint density at radius 2 is 2.04 bits per heavy atom. The van der Waals surface area contributed by atoms with Crippen LogP contribution in [0.5, 0.6) is 5.75 Å². The zero-order valence-electron chi connectivity index (χ0n) is 13.8. The van der Waals surface area contributed by atoms with Crippen LogP contribution in [-0.2, 0) is 0 Å². The maximum Gasteiger partial charge on any atom is 0.144 e. The monoisotopic (exact) mass is 318 g/mol. The van der Waals surface area contributed by atoms with E-state index in [9.17, 15) is 0 Å². The summed E-state index contributed by atoms with van der Waals surface area (Å²) < 4.78 is 5.52. The lowest BCUT2D eigenvalue weighted by molar-refractivity contribution is 0.412. The van der Waals surface area contributed by atoms with Crippen molar-refractivity contribution in [3.8, 4) is 5.75 Å². The maximum atomic E-state index is 5.52. The minimum atomic E-state index is 0.793. The van der Waals surface area contributed by atoms with Gasteiger partial charge in [0, 0.05) is 35.1 Å². The zero-order valence-corrected chi connectivity index (χ0v) is 13.8. The second-order valence-corrected chi connectivity index (χ2v) is 5.93. The number of pyridine rings is 1. The number of hydrogen-bond acceptors (Lipinski definition) is 3. The van der Waals surface area contributed by atoms with E-state index in [-0.39, 0.29) is 0 Å². The highest BCUT2D eigenvalue weighted by Gasteiger charge is 2.06. The molecule has 0 saturated heterocycles. The summed E-state index contributed by atoms with van der Waals surface area (Å²) in [6.07, 6.45) is 7.67. The molecule has 0 bridgehead atoms. The topological polar surface area (TPSA) is 66.1 Å². The third kappa shape index (κ3) is 2.44. The van der Waals surface area contributed by atoms with E-state index in [1.807, 2.05) is 24.4 Å². The average Bonchev–Trinajstić information content (AvgIpc) is 3.24. The number of nitrogens with zero attached hydrogens (tertiary/aromatic N) is 2. The number of ether oxygens (including phenoxy) is 1. The largest absolute Gasteiger partial charge is 0.494 e. The Kier molecular flexibility index (Phi) is 3.34. The van der Waals surface area contributed by atoms with Crippen LogP contribution in [0.2, 0.25) is 0 Å². The van der Waals surface area contributed by atoms with Gasteiger partial charge in [-0.2, -0.15) is 0 Å². The zero-order chi connectivity index (χ0) is 16.7. The molecule has 3 aromatic rings. The molecule has 0 aliphatic carbocycles. The van der Waals surface area contributed by atoms with Crippen molar-refractivity contribution in [1.29, 1.82) is 0 Å². The summed E-state index contributed by atoms with van der Waals surface area (Å²) in [6, 6.07) is 6.02. The van der Waals surface area contributed by atoms with Crippen molar-refractivity contribution in [3.05, 3.63) is 68.8 Å². The first kappa shape index (κ1) is 14.5. The molecule has 0 saturated carbocycles. The average molecular weight is 318 g/mol. The first-order valence-corrected chi connectivity index (χ1v) is 7.80. The summed E-state index contributed by atoms with van der Waals surface area (Å²) in [4.78, 5) is 15.6. The summed E-state index contributed by atoms with van der Waals surface area (Å²) >= 11 is 0. The Hall–Kier alpha value is -3.08. The SMILES string of the molecule is COc1cc(=C2C=c3cnccc3=N2)[nH]/c1=C\c1[nH]c(C)cc1C. The van der Waals surface area contributed by atoms with E-state index in [2.05, 4.69) is 45.9 Å². The van der Waals surface area contributed by atoms with E-state index in [1.54, 1.807) is 13.3 Å². The molecule has 0 radical (unpaired) electrons. The smallest absolute Gasteiger partial charge is 0.144 e. The van der Waals surface area contributed by atoms with Crippen LogP contribution in [0.1, 0.15) is 17.0 Å². The Balaban J connectivity index is 1.93. The third-order valence-corrected chi connectivity index (χ3v) is 4.15. The Morgan fingerprint density at radius 1 is 1.17 bits per heavy atom. The van der Waals surface area contributed by atoms with E-state index in [0.29, 0.717) is 0 Å². The van der Waals surface area contributed by atoms with Gasteiger partial charge in [0.2, 0.25) is 0 Å². The van der Waals surface area contributed by atoms with Crippen LogP contribution in [0.15, 0.2) is 35.6 Å². The van der Waals surface area contributed by atoms with Gasteiger partial charge in [0.15, 0.2) is 0 Å². The van der Waals surface area contributed by atoms with Gasteiger partial charge < -0.3 is 14.7 Å². The second-order valence-electron chi connectivity index (χ2n) is 5.93.